The lowest BCUT2D eigenvalue weighted by molar-refractivity contribution is -0.189. The zero-order valence-electron chi connectivity index (χ0n) is 29.6. The lowest BCUT2D eigenvalue weighted by Gasteiger charge is -2.55. The number of aromatic nitrogens is 1. The molecule has 0 bridgehead atoms. The Labute approximate surface area is 304 Å². The third kappa shape index (κ3) is 7.05. The number of fused-ring (bicyclic) bond motifs is 2. The number of nitrogens with one attached hydrogen (secondary N) is 1. The molecule has 2 atom stereocenters. The second-order valence-corrected chi connectivity index (χ2v) is 14.1. The van der Waals surface area contributed by atoms with Gasteiger partial charge in [0, 0.05) is 55.7 Å². The summed E-state index contributed by atoms with van der Waals surface area (Å²) in [6.07, 6.45) is 6.82. The van der Waals surface area contributed by atoms with Gasteiger partial charge in [-0.1, -0.05) is 80.1 Å². The van der Waals surface area contributed by atoms with Gasteiger partial charge >= 0.3 is 6.03 Å². The summed E-state index contributed by atoms with van der Waals surface area (Å²) in [5, 5.41) is 17.2. The van der Waals surface area contributed by atoms with Crippen molar-refractivity contribution >= 4 is 34.5 Å². The number of hydrogen-bond acceptors (Lipinski definition) is 6. The van der Waals surface area contributed by atoms with E-state index in [2.05, 4.69) is 23.4 Å². The number of para-hydroxylation sites is 1. The van der Waals surface area contributed by atoms with Crippen molar-refractivity contribution in [1.29, 1.82) is 0 Å². The fourth-order valence-electron chi connectivity index (χ4n) is 7.59. The van der Waals surface area contributed by atoms with Crippen molar-refractivity contribution < 1.29 is 24.3 Å². The molecule has 52 heavy (non-hydrogen) atoms. The Morgan fingerprint density at radius 3 is 2.46 bits per heavy atom. The van der Waals surface area contributed by atoms with Crippen molar-refractivity contribution in [3.63, 3.8) is 0 Å². The molecule has 3 aromatic carbocycles. The predicted octanol–water partition coefficient (Wildman–Crippen LogP) is 5.48. The summed E-state index contributed by atoms with van der Waals surface area (Å²) in [6.45, 7) is 7.54. The van der Waals surface area contributed by atoms with E-state index in [4.69, 9.17) is 0 Å². The number of benzene rings is 3. The zero-order chi connectivity index (χ0) is 36.4. The largest absolute Gasteiger partial charge is 0.508 e. The fourth-order valence-corrected chi connectivity index (χ4v) is 7.59. The third-order valence-corrected chi connectivity index (χ3v) is 10.3. The SMILES string of the molecule is C=CCN1CC(=O)N2[C@@H](Cc3ccc(O)cc3)C(=O)N(Cc3cccc4c(C(=O)C5CC5)cn(CCCC)c34)C[C@@H]2N1C(=O)NCc1ccccc1. The summed E-state index contributed by atoms with van der Waals surface area (Å²) < 4.78 is 2.16. The first-order valence-electron chi connectivity index (χ1n) is 18.3. The highest BCUT2D eigenvalue weighted by molar-refractivity contribution is 6.10. The van der Waals surface area contributed by atoms with Crippen LogP contribution in [0.15, 0.2) is 91.6 Å². The molecule has 1 aliphatic carbocycles. The number of aromatic hydroxyl groups is 1. The topological polar surface area (TPSA) is 118 Å². The molecule has 4 amide bonds. The Bertz CT molecular complexity index is 1970. The van der Waals surface area contributed by atoms with Crippen molar-refractivity contribution in [2.75, 3.05) is 19.6 Å². The minimum Gasteiger partial charge on any atom is -0.508 e. The summed E-state index contributed by atoms with van der Waals surface area (Å²) in [6, 6.07) is 20.9. The third-order valence-electron chi connectivity index (χ3n) is 10.3. The van der Waals surface area contributed by atoms with Crippen molar-refractivity contribution in [3.05, 3.63) is 114 Å². The first-order chi connectivity index (χ1) is 25.3. The average Bonchev–Trinajstić information content (AvgIpc) is 3.93. The van der Waals surface area contributed by atoms with Crippen LogP contribution >= 0.6 is 0 Å². The molecular weight excluding hydrogens is 656 g/mol. The molecule has 4 aromatic rings. The monoisotopic (exact) mass is 702 g/mol. The number of piperazine rings is 1. The minimum atomic E-state index is -0.899. The number of phenolic OH excluding ortho intramolecular Hbond substituents is 1. The predicted molar refractivity (Wildman–Crippen MR) is 198 cm³/mol. The molecule has 0 radical (unpaired) electrons. The van der Waals surface area contributed by atoms with Gasteiger partial charge in [0.2, 0.25) is 11.8 Å². The van der Waals surface area contributed by atoms with Crippen LogP contribution in [0.4, 0.5) is 4.79 Å². The number of amides is 4. The molecule has 270 valence electrons. The lowest BCUT2D eigenvalue weighted by atomic mass is 9.97. The number of Topliss-reactive ketones (excluding diaryl/α,β-unsaturated/α-hetero) is 1. The number of unbranched alkanes of at least 4 members (excludes halogenated alkanes) is 1. The molecule has 2 aliphatic heterocycles. The number of carbonyl (C=O) groups is 4. The highest BCUT2D eigenvalue weighted by Gasteiger charge is 2.51. The molecule has 0 unspecified atom stereocenters. The van der Waals surface area contributed by atoms with Crippen LogP contribution < -0.4 is 5.32 Å². The van der Waals surface area contributed by atoms with Crippen LogP contribution in [0, 0.1) is 5.92 Å². The van der Waals surface area contributed by atoms with E-state index in [1.165, 1.54) is 0 Å². The van der Waals surface area contributed by atoms with Crippen LogP contribution in [0.1, 0.15) is 59.7 Å². The first-order valence-corrected chi connectivity index (χ1v) is 18.3. The second kappa shape index (κ2) is 15.1. The summed E-state index contributed by atoms with van der Waals surface area (Å²) in [5.74, 6) is -0.124. The summed E-state index contributed by atoms with van der Waals surface area (Å²) in [5.41, 5.74) is 4.28. The Morgan fingerprint density at radius 2 is 1.75 bits per heavy atom. The number of hydrazine groups is 1. The van der Waals surface area contributed by atoms with E-state index in [0.29, 0.717) is 0 Å². The van der Waals surface area contributed by atoms with Crippen LogP contribution in [0.2, 0.25) is 0 Å². The molecule has 3 fully saturated rings. The normalized spacial score (nSPS) is 19.2. The Morgan fingerprint density at radius 1 is 0.981 bits per heavy atom. The molecule has 7 rings (SSSR count). The van der Waals surface area contributed by atoms with Gasteiger partial charge in [0.15, 0.2) is 5.78 Å². The molecule has 11 nitrogen and oxygen atoms in total. The number of rotatable bonds is 13. The van der Waals surface area contributed by atoms with Gasteiger partial charge in [0.05, 0.1) is 18.6 Å². The number of ketones is 1. The number of carbonyl (C=O) groups excluding carboxylic acids is 4. The molecule has 0 spiro atoms. The van der Waals surface area contributed by atoms with E-state index in [1.807, 2.05) is 54.7 Å². The zero-order valence-corrected chi connectivity index (χ0v) is 29.6. The standard InChI is InChI=1S/C41H46N6O5/c1-3-5-21-43-25-34(39(50)30-16-17-30)33-13-9-12-31(38(33)43)24-44-26-36-46(35(40(44)51)22-28-14-18-32(48)19-15-28)37(49)27-45(20-4-2)47(36)41(52)42-23-29-10-7-6-8-11-29/h4,6-15,18-19,25,30,35-36,48H,2-3,5,16-17,20-24,26-27H2,1H3,(H,42,52)/t35-,36-/m0/s1. The van der Waals surface area contributed by atoms with Crippen molar-refractivity contribution in [1.82, 2.24) is 29.7 Å². The number of nitrogens with zero attached hydrogens (tertiary/aromatic N) is 5. The molecule has 3 aliphatic rings. The number of phenols is 1. The molecule has 1 aromatic heterocycles. The van der Waals surface area contributed by atoms with E-state index < -0.39 is 12.2 Å². The van der Waals surface area contributed by atoms with E-state index in [9.17, 15) is 24.3 Å². The average molecular weight is 703 g/mol. The Kier molecular flexibility index (Phi) is 10.1. The quantitative estimate of drug-likeness (QED) is 0.141. The Hall–Kier alpha value is -5.42. The Balaban J connectivity index is 1.27. The number of hydrogen-bond donors (Lipinski definition) is 2. The van der Waals surface area contributed by atoms with Gasteiger partial charge in [0.25, 0.3) is 0 Å². The maximum absolute atomic E-state index is 14.7. The maximum Gasteiger partial charge on any atom is 0.334 e. The molecule has 11 heteroatoms. The van der Waals surface area contributed by atoms with Crippen molar-refractivity contribution in [3.8, 4) is 5.75 Å². The first kappa shape index (κ1) is 35.0. The molecular formula is C41H46N6O5. The summed E-state index contributed by atoms with van der Waals surface area (Å²) >= 11 is 0. The van der Waals surface area contributed by atoms with Crippen LogP contribution in [-0.2, 0) is 35.6 Å². The van der Waals surface area contributed by atoms with Crippen LogP contribution in [-0.4, -0.2) is 85.0 Å². The number of urea groups is 1. The maximum atomic E-state index is 14.7. The molecule has 1 saturated carbocycles. The van der Waals surface area contributed by atoms with Crippen LogP contribution in [0.5, 0.6) is 5.75 Å². The van der Waals surface area contributed by atoms with E-state index in [-0.39, 0.29) is 74.4 Å². The van der Waals surface area contributed by atoms with Gasteiger partial charge in [-0.15, -0.1) is 6.58 Å². The van der Waals surface area contributed by atoms with E-state index in [0.717, 1.165) is 65.4 Å². The van der Waals surface area contributed by atoms with E-state index in [1.54, 1.807) is 50.2 Å². The second-order valence-electron chi connectivity index (χ2n) is 14.1. The van der Waals surface area contributed by atoms with E-state index >= 15 is 0 Å². The van der Waals surface area contributed by atoms with Gasteiger partial charge in [-0.25, -0.2) is 14.8 Å². The summed E-state index contributed by atoms with van der Waals surface area (Å²) in [4.78, 5) is 59.6. The fraction of sp³-hybridized carbons (Fsp3) is 0.366. The highest BCUT2D eigenvalue weighted by atomic mass is 16.3. The van der Waals surface area contributed by atoms with Crippen molar-refractivity contribution in [2.45, 2.75) is 70.9 Å². The molecule has 3 heterocycles. The van der Waals surface area contributed by atoms with Gasteiger partial charge < -0.3 is 24.8 Å². The van der Waals surface area contributed by atoms with Gasteiger partial charge in [0.1, 0.15) is 18.0 Å². The minimum absolute atomic E-state index is 0.0746. The smallest absolute Gasteiger partial charge is 0.334 e. The van der Waals surface area contributed by atoms with Crippen LogP contribution in [0.3, 0.4) is 0 Å². The van der Waals surface area contributed by atoms with Crippen molar-refractivity contribution in [2.24, 2.45) is 5.92 Å². The number of aryl methyl sites for hydroxylation is 1. The molecule has 2 N–H and O–H groups in total. The van der Waals surface area contributed by atoms with Gasteiger partial charge in [-0.05, 0) is 48.1 Å². The van der Waals surface area contributed by atoms with Crippen LogP contribution in [0.25, 0.3) is 10.9 Å². The summed E-state index contributed by atoms with van der Waals surface area (Å²) in [7, 11) is 0. The van der Waals surface area contributed by atoms with Gasteiger partial charge in [-0.3, -0.25) is 14.4 Å². The van der Waals surface area contributed by atoms with Gasteiger partial charge in [-0.2, -0.15) is 0 Å². The lowest BCUT2D eigenvalue weighted by Crippen LogP contribution is -2.76. The molecule has 2 saturated heterocycles. The highest BCUT2D eigenvalue weighted by Crippen LogP contribution is 2.37.